The number of nitrogens with one attached hydrogen (secondary N) is 2. The van der Waals surface area contributed by atoms with E-state index < -0.39 is 4.92 Å². The van der Waals surface area contributed by atoms with Gasteiger partial charge in [0.2, 0.25) is 0 Å². The first-order valence-electron chi connectivity index (χ1n) is 7.42. The minimum Gasteiger partial charge on any atom is -0.376 e. The maximum atomic E-state index is 11.0. The zero-order valence-electron chi connectivity index (χ0n) is 13.2. The fourth-order valence-corrected chi connectivity index (χ4v) is 2.41. The van der Waals surface area contributed by atoms with E-state index in [4.69, 9.17) is 17.0 Å². The summed E-state index contributed by atoms with van der Waals surface area (Å²) in [6, 6.07) is 5.02. The van der Waals surface area contributed by atoms with Crippen LogP contribution in [0.5, 0.6) is 0 Å². The van der Waals surface area contributed by atoms with Crippen LogP contribution in [0.2, 0.25) is 0 Å². The Balaban J connectivity index is 1.92. The quantitative estimate of drug-likeness (QED) is 0.371. The molecule has 2 rings (SSSR count). The fraction of sp³-hybridized carbons (Fsp3) is 0.467. The summed E-state index contributed by atoms with van der Waals surface area (Å²) in [5, 5.41) is 18.6. The number of nitrogens with zero attached hydrogens (tertiary/aromatic N) is 2. The van der Waals surface area contributed by atoms with Crippen LogP contribution in [-0.4, -0.2) is 35.0 Å². The third-order valence-electron chi connectivity index (χ3n) is 3.66. The average molecular weight is 336 g/mol. The van der Waals surface area contributed by atoms with Gasteiger partial charge in [-0.25, -0.2) is 0 Å². The van der Waals surface area contributed by atoms with Crippen molar-refractivity contribution in [2.24, 2.45) is 5.10 Å². The van der Waals surface area contributed by atoms with Crippen molar-refractivity contribution in [3.8, 4) is 0 Å². The molecule has 0 amide bonds. The zero-order valence-corrected chi connectivity index (χ0v) is 14.0. The largest absolute Gasteiger partial charge is 0.376 e. The summed E-state index contributed by atoms with van der Waals surface area (Å²) in [5.41, 5.74) is 4.75. The molecule has 0 unspecified atom stereocenters. The highest BCUT2D eigenvalue weighted by Crippen LogP contribution is 2.19. The third-order valence-corrected chi connectivity index (χ3v) is 3.90. The maximum Gasteiger partial charge on any atom is 0.272 e. The molecule has 1 saturated heterocycles. The first-order chi connectivity index (χ1) is 11.0. The molecule has 1 aliphatic rings. The van der Waals surface area contributed by atoms with Crippen LogP contribution in [0.4, 0.5) is 5.69 Å². The van der Waals surface area contributed by atoms with Crippen molar-refractivity contribution in [3.05, 3.63) is 39.4 Å². The van der Waals surface area contributed by atoms with E-state index >= 15 is 0 Å². The van der Waals surface area contributed by atoms with E-state index in [0.717, 1.165) is 19.4 Å². The number of aryl methyl sites for hydroxylation is 1. The highest BCUT2D eigenvalue weighted by atomic mass is 32.1. The average Bonchev–Trinajstić information content (AvgIpc) is 3.04. The van der Waals surface area contributed by atoms with E-state index in [1.807, 2.05) is 0 Å². The van der Waals surface area contributed by atoms with Gasteiger partial charge in [0.25, 0.3) is 5.69 Å². The van der Waals surface area contributed by atoms with Gasteiger partial charge in [0.15, 0.2) is 5.11 Å². The van der Waals surface area contributed by atoms with Crippen molar-refractivity contribution in [1.29, 1.82) is 0 Å². The Bertz CT molecular complexity index is 627. The topological polar surface area (TPSA) is 88.8 Å². The number of hydrazone groups is 1. The van der Waals surface area contributed by atoms with Crippen LogP contribution in [0, 0.1) is 17.0 Å². The van der Waals surface area contributed by atoms with Gasteiger partial charge < -0.3 is 10.1 Å². The van der Waals surface area contributed by atoms with Crippen LogP contribution in [0.3, 0.4) is 0 Å². The molecule has 1 aromatic rings. The van der Waals surface area contributed by atoms with E-state index in [1.165, 1.54) is 6.07 Å². The van der Waals surface area contributed by atoms with Crippen molar-refractivity contribution < 1.29 is 9.66 Å². The minimum absolute atomic E-state index is 0.0798. The number of hydrogen-bond donors (Lipinski definition) is 2. The first kappa shape index (κ1) is 17.3. The molecule has 1 heterocycles. The second-order valence-electron chi connectivity index (χ2n) is 5.41. The minimum atomic E-state index is -0.396. The van der Waals surface area contributed by atoms with Crippen LogP contribution in [0.25, 0.3) is 0 Å². The van der Waals surface area contributed by atoms with E-state index in [2.05, 4.69) is 15.8 Å². The Morgan fingerprint density at radius 3 is 3.00 bits per heavy atom. The standard InChI is InChI=1S/C15H20N4O3S/c1-10-5-6-12(8-14(10)19(20)21)11(2)17-18-15(23)16-9-13-4-3-7-22-13/h5-6,8,13H,3-4,7,9H2,1-2H3,(H2,16,18,23)/b17-11-/t13-/m0/s1. The van der Waals surface area contributed by atoms with E-state index in [-0.39, 0.29) is 11.8 Å². The molecule has 0 aliphatic carbocycles. The Morgan fingerprint density at radius 2 is 2.35 bits per heavy atom. The molecule has 0 saturated carbocycles. The number of benzene rings is 1. The SMILES string of the molecule is C/C(=N/NC(=S)NC[C@@H]1CCCO1)c1ccc(C)c([N+](=O)[O-])c1. The second-order valence-corrected chi connectivity index (χ2v) is 5.82. The molecular weight excluding hydrogens is 316 g/mol. The van der Waals surface area contributed by atoms with Gasteiger partial charge in [0, 0.05) is 30.3 Å². The maximum absolute atomic E-state index is 11.0. The monoisotopic (exact) mass is 336 g/mol. The van der Waals surface area contributed by atoms with E-state index in [0.29, 0.717) is 28.5 Å². The van der Waals surface area contributed by atoms with Gasteiger partial charge in [-0.15, -0.1) is 0 Å². The van der Waals surface area contributed by atoms with E-state index in [9.17, 15) is 10.1 Å². The van der Waals surface area contributed by atoms with Crippen LogP contribution >= 0.6 is 12.2 Å². The lowest BCUT2D eigenvalue weighted by atomic mass is 10.1. The van der Waals surface area contributed by atoms with Gasteiger partial charge >= 0.3 is 0 Å². The molecule has 1 atom stereocenters. The van der Waals surface area contributed by atoms with Crippen molar-refractivity contribution in [1.82, 2.24) is 10.7 Å². The third kappa shape index (κ3) is 4.97. The lowest BCUT2D eigenvalue weighted by Crippen LogP contribution is -2.37. The summed E-state index contributed by atoms with van der Waals surface area (Å²) in [4.78, 5) is 10.6. The molecule has 1 fully saturated rings. The molecule has 7 nitrogen and oxygen atoms in total. The zero-order chi connectivity index (χ0) is 16.8. The molecule has 1 aromatic carbocycles. The highest BCUT2D eigenvalue weighted by molar-refractivity contribution is 7.80. The molecule has 1 aliphatic heterocycles. The molecule has 23 heavy (non-hydrogen) atoms. The van der Waals surface area contributed by atoms with Crippen LogP contribution in [-0.2, 0) is 4.74 Å². The predicted octanol–water partition coefficient (Wildman–Crippen LogP) is 2.27. The number of nitro benzene ring substituents is 1. The number of ether oxygens (including phenoxy) is 1. The Morgan fingerprint density at radius 1 is 1.57 bits per heavy atom. The summed E-state index contributed by atoms with van der Waals surface area (Å²) in [6.45, 7) is 4.92. The number of nitro groups is 1. The summed E-state index contributed by atoms with van der Waals surface area (Å²) in [5.74, 6) is 0. The normalized spacial score (nSPS) is 17.8. The molecule has 8 heteroatoms. The lowest BCUT2D eigenvalue weighted by molar-refractivity contribution is -0.385. The van der Waals surface area contributed by atoms with Crippen molar-refractivity contribution in [2.75, 3.05) is 13.2 Å². The van der Waals surface area contributed by atoms with Crippen molar-refractivity contribution >= 4 is 28.7 Å². The van der Waals surface area contributed by atoms with Gasteiger partial charge in [0.05, 0.1) is 16.7 Å². The molecule has 0 spiro atoms. The summed E-state index contributed by atoms with van der Waals surface area (Å²) < 4.78 is 5.50. The summed E-state index contributed by atoms with van der Waals surface area (Å²) >= 11 is 5.15. The Hall–Kier alpha value is -2.06. The number of rotatable bonds is 5. The Labute approximate surface area is 140 Å². The lowest BCUT2D eigenvalue weighted by Gasteiger charge is -2.12. The summed E-state index contributed by atoms with van der Waals surface area (Å²) in [6.07, 6.45) is 2.31. The van der Waals surface area contributed by atoms with E-state index in [1.54, 1.807) is 26.0 Å². The fourth-order valence-electron chi connectivity index (χ4n) is 2.28. The predicted molar refractivity (Wildman–Crippen MR) is 92.8 cm³/mol. The molecule has 2 N–H and O–H groups in total. The second kappa shape index (κ2) is 7.98. The highest BCUT2D eigenvalue weighted by Gasteiger charge is 2.15. The van der Waals surface area contributed by atoms with Crippen molar-refractivity contribution in [2.45, 2.75) is 32.8 Å². The van der Waals surface area contributed by atoms with Crippen LogP contribution < -0.4 is 10.7 Å². The van der Waals surface area contributed by atoms with Gasteiger partial charge in [-0.1, -0.05) is 12.1 Å². The van der Waals surface area contributed by atoms with Gasteiger partial charge in [-0.05, 0) is 38.9 Å². The van der Waals surface area contributed by atoms with Gasteiger partial charge in [0.1, 0.15) is 0 Å². The first-order valence-corrected chi connectivity index (χ1v) is 7.83. The molecule has 0 aromatic heterocycles. The van der Waals surface area contributed by atoms with Crippen molar-refractivity contribution in [3.63, 3.8) is 0 Å². The van der Waals surface area contributed by atoms with Crippen LogP contribution in [0.1, 0.15) is 30.9 Å². The smallest absolute Gasteiger partial charge is 0.272 e. The molecule has 0 radical (unpaired) electrons. The van der Waals surface area contributed by atoms with Crippen LogP contribution in [0.15, 0.2) is 23.3 Å². The molecular formula is C15H20N4O3S. The molecule has 0 bridgehead atoms. The Kier molecular flexibility index (Phi) is 6.00. The van der Waals surface area contributed by atoms with Gasteiger partial charge in [-0.2, -0.15) is 5.10 Å². The van der Waals surface area contributed by atoms with Gasteiger partial charge in [-0.3, -0.25) is 15.5 Å². The number of hydrogen-bond acceptors (Lipinski definition) is 5. The number of thiocarbonyl (C=S) groups is 1. The molecule has 124 valence electrons. The summed E-state index contributed by atoms with van der Waals surface area (Å²) in [7, 11) is 0.